The second kappa shape index (κ2) is 13.2. The number of aliphatic hydroxyl groups is 1. The number of ether oxygens (including phenoxy) is 1. The minimum absolute atomic E-state index is 0.0227. The number of carbonyl (C=O) groups is 2. The highest BCUT2D eigenvalue weighted by atomic mass is 35.5. The van der Waals surface area contributed by atoms with Crippen LogP contribution in [0, 0.1) is 11.8 Å². The third-order valence-electron chi connectivity index (χ3n) is 8.19. The summed E-state index contributed by atoms with van der Waals surface area (Å²) in [6.45, 7) is 0.860. The van der Waals surface area contributed by atoms with E-state index in [0.29, 0.717) is 58.2 Å². The number of halogens is 1. The Bertz CT molecular complexity index is 1450. The second-order valence-corrected chi connectivity index (χ2v) is 12.7. The van der Waals surface area contributed by atoms with Gasteiger partial charge in [0.05, 0.1) is 28.1 Å². The second-order valence-electron chi connectivity index (χ2n) is 11.0. The van der Waals surface area contributed by atoms with E-state index in [0.717, 1.165) is 44.1 Å². The topological polar surface area (TPSA) is 101 Å². The third kappa shape index (κ3) is 7.02. The Kier molecular flexibility index (Phi) is 9.47. The fourth-order valence-corrected chi connectivity index (χ4v) is 6.85. The summed E-state index contributed by atoms with van der Waals surface area (Å²) in [7, 11) is 1.56. The summed E-state index contributed by atoms with van der Waals surface area (Å²) in [5.74, 6) is 0.888. The maximum Gasteiger partial charge on any atom is 0.261 e. The van der Waals surface area contributed by atoms with Crippen LogP contribution in [-0.2, 0) is 11.2 Å². The van der Waals surface area contributed by atoms with E-state index in [-0.39, 0.29) is 29.4 Å². The monoisotopic (exact) mass is 597 g/mol. The lowest BCUT2D eigenvalue weighted by Crippen LogP contribution is -2.30. The Morgan fingerprint density at radius 1 is 1.12 bits per heavy atom. The Labute approximate surface area is 248 Å². The number of hydrogen-bond acceptors (Lipinski definition) is 6. The molecule has 2 fully saturated rings. The molecule has 2 aliphatic rings. The number of thiophene rings is 1. The van der Waals surface area contributed by atoms with Crippen molar-refractivity contribution in [3.63, 3.8) is 0 Å². The van der Waals surface area contributed by atoms with Gasteiger partial charge in [0.25, 0.3) is 11.5 Å². The van der Waals surface area contributed by atoms with Gasteiger partial charge < -0.3 is 20.1 Å². The first kappa shape index (κ1) is 29.4. The molecule has 1 saturated heterocycles. The van der Waals surface area contributed by atoms with Crippen LogP contribution in [-0.4, -0.2) is 47.8 Å². The largest absolute Gasteiger partial charge is 0.494 e. The van der Waals surface area contributed by atoms with Crippen molar-refractivity contribution in [2.75, 3.05) is 25.1 Å². The molecule has 1 atom stereocenters. The molecule has 3 aromatic rings. The van der Waals surface area contributed by atoms with Crippen LogP contribution in [0.25, 0.3) is 5.69 Å². The number of amides is 2. The minimum atomic E-state index is -0.194. The highest BCUT2D eigenvalue weighted by molar-refractivity contribution is 7.18. The predicted molar refractivity (Wildman–Crippen MR) is 162 cm³/mol. The number of hydrogen-bond donors (Lipinski definition) is 2. The molecular formula is C31H36ClN3O5S. The fourth-order valence-electron chi connectivity index (χ4n) is 5.90. The lowest BCUT2D eigenvalue weighted by atomic mass is 9.84. The highest BCUT2D eigenvalue weighted by Gasteiger charge is 2.31. The normalized spacial score (nSPS) is 20.8. The van der Waals surface area contributed by atoms with Crippen molar-refractivity contribution < 1.29 is 19.4 Å². The molecule has 10 heteroatoms. The Morgan fingerprint density at radius 2 is 1.93 bits per heavy atom. The van der Waals surface area contributed by atoms with Crippen molar-refractivity contribution in [2.24, 2.45) is 11.8 Å². The average Bonchev–Trinajstić information content (AvgIpc) is 3.58. The first-order valence-corrected chi connectivity index (χ1v) is 15.4. The quantitative estimate of drug-likeness (QED) is 0.334. The number of aryl methyl sites for hydroxylation is 1. The summed E-state index contributed by atoms with van der Waals surface area (Å²) in [5, 5.41) is 12.6. The van der Waals surface area contributed by atoms with Gasteiger partial charge in [0.2, 0.25) is 5.91 Å². The zero-order chi connectivity index (χ0) is 28.9. The van der Waals surface area contributed by atoms with Crippen molar-refractivity contribution >= 4 is 40.4 Å². The van der Waals surface area contributed by atoms with Gasteiger partial charge in [-0.15, -0.1) is 11.3 Å². The number of rotatable bonds is 10. The summed E-state index contributed by atoms with van der Waals surface area (Å²) in [4.78, 5) is 40.9. The first-order chi connectivity index (χ1) is 19.8. The number of pyridine rings is 1. The molecule has 1 saturated carbocycles. The average molecular weight is 598 g/mol. The van der Waals surface area contributed by atoms with Gasteiger partial charge >= 0.3 is 0 Å². The standard InChI is InChI=1S/C31H36ClN3O5S/c1-40-26-17-23(35-19-21(16-29(35)37)18-33-30(38)27-13-14-28(32)41-27)9-12-25(26)34-15-3-6-22(31(34)39)5-2-4-20-7-10-24(36)11-8-20/h3,6,9,12-15,17,20-21,24,36H,2,4-5,7-8,10-11,16,18-19H2,1H3,(H,33,38)/t20-,21-,24-/m0/s1. The number of methoxy groups -OCH3 is 1. The van der Waals surface area contributed by atoms with Crippen LogP contribution in [0.5, 0.6) is 5.75 Å². The zero-order valence-electron chi connectivity index (χ0n) is 23.2. The van der Waals surface area contributed by atoms with E-state index < -0.39 is 0 Å². The van der Waals surface area contributed by atoms with Crippen LogP contribution in [0.3, 0.4) is 0 Å². The molecular weight excluding hydrogens is 562 g/mol. The van der Waals surface area contributed by atoms with Crippen LogP contribution in [0.2, 0.25) is 4.34 Å². The van der Waals surface area contributed by atoms with Gasteiger partial charge in [0, 0.05) is 48.9 Å². The lowest BCUT2D eigenvalue weighted by molar-refractivity contribution is -0.117. The number of aromatic nitrogens is 1. The van der Waals surface area contributed by atoms with Gasteiger partial charge in [-0.05, 0) is 74.8 Å². The summed E-state index contributed by atoms with van der Waals surface area (Å²) in [6, 6.07) is 12.6. The summed E-state index contributed by atoms with van der Waals surface area (Å²) in [5.41, 5.74) is 2.00. The number of nitrogens with one attached hydrogen (secondary N) is 1. The van der Waals surface area contributed by atoms with Crippen molar-refractivity contribution in [2.45, 2.75) is 57.5 Å². The highest BCUT2D eigenvalue weighted by Crippen LogP contribution is 2.32. The lowest BCUT2D eigenvalue weighted by Gasteiger charge is -2.25. The molecule has 5 rings (SSSR count). The number of anilines is 1. The van der Waals surface area contributed by atoms with Crippen LogP contribution >= 0.6 is 22.9 Å². The van der Waals surface area contributed by atoms with Crippen LogP contribution in [0.15, 0.2) is 53.5 Å². The number of carbonyl (C=O) groups excluding carboxylic acids is 2. The van der Waals surface area contributed by atoms with Crippen molar-refractivity contribution in [1.29, 1.82) is 0 Å². The number of aliphatic hydroxyl groups excluding tert-OH is 1. The molecule has 41 heavy (non-hydrogen) atoms. The molecule has 1 aliphatic heterocycles. The molecule has 1 aliphatic carbocycles. The van der Waals surface area contributed by atoms with Crippen LogP contribution in [0.4, 0.5) is 5.69 Å². The smallest absolute Gasteiger partial charge is 0.261 e. The van der Waals surface area contributed by atoms with Crippen LogP contribution in [0.1, 0.15) is 60.2 Å². The molecule has 0 radical (unpaired) electrons. The predicted octanol–water partition coefficient (Wildman–Crippen LogP) is 5.22. The number of benzene rings is 1. The van der Waals surface area contributed by atoms with Gasteiger partial charge in [-0.2, -0.15) is 0 Å². The van der Waals surface area contributed by atoms with E-state index in [1.165, 1.54) is 11.3 Å². The molecule has 218 valence electrons. The Morgan fingerprint density at radius 3 is 2.66 bits per heavy atom. The van der Waals surface area contributed by atoms with E-state index >= 15 is 0 Å². The van der Waals surface area contributed by atoms with Crippen molar-refractivity contribution in [3.8, 4) is 11.4 Å². The summed E-state index contributed by atoms with van der Waals surface area (Å²) in [6.07, 6.45) is 8.51. The molecule has 2 aromatic heterocycles. The minimum Gasteiger partial charge on any atom is -0.494 e. The van der Waals surface area contributed by atoms with Gasteiger partial charge in [-0.1, -0.05) is 24.1 Å². The van der Waals surface area contributed by atoms with Crippen molar-refractivity contribution in [3.05, 3.63) is 73.8 Å². The van der Waals surface area contributed by atoms with E-state index in [9.17, 15) is 19.5 Å². The molecule has 0 spiro atoms. The summed E-state index contributed by atoms with van der Waals surface area (Å²) >= 11 is 7.15. The maximum atomic E-state index is 13.4. The van der Waals surface area contributed by atoms with Gasteiger partial charge in [-0.25, -0.2) is 0 Å². The van der Waals surface area contributed by atoms with E-state index in [1.807, 2.05) is 24.3 Å². The van der Waals surface area contributed by atoms with E-state index in [2.05, 4.69) is 5.32 Å². The zero-order valence-corrected chi connectivity index (χ0v) is 24.8. The maximum absolute atomic E-state index is 13.4. The first-order valence-electron chi connectivity index (χ1n) is 14.2. The van der Waals surface area contributed by atoms with Crippen LogP contribution < -0.4 is 20.5 Å². The van der Waals surface area contributed by atoms with Gasteiger partial charge in [0.15, 0.2) is 0 Å². The third-order valence-corrected chi connectivity index (χ3v) is 9.42. The Balaban J connectivity index is 1.23. The van der Waals surface area contributed by atoms with E-state index in [4.69, 9.17) is 16.3 Å². The molecule has 2 amide bonds. The molecule has 1 aromatic carbocycles. The molecule has 0 unspecified atom stereocenters. The summed E-state index contributed by atoms with van der Waals surface area (Å²) < 4.78 is 7.83. The molecule has 8 nitrogen and oxygen atoms in total. The van der Waals surface area contributed by atoms with Crippen molar-refractivity contribution in [1.82, 2.24) is 9.88 Å². The molecule has 3 heterocycles. The Hall–Kier alpha value is -3.14. The number of nitrogens with zero attached hydrogens (tertiary/aromatic N) is 2. The molecule has 0 bridgehead atoms. The van der Waals surface area contributed by atoms with Gasteiger partial charge in [0.1, 0.15) is 5.75 Å². The fraction of sp³-hybridized carbons (Fsp3) is 0.452. The van der Waals surface area contributed by atoms with E-state index in [1.54, 1.807) is 41.0 Å². The molecule has 2 N–H and O–H groups in total. The SMILES string of the molecule is COc1cc(N2C[C@H](CNC(=O)c3ccc(Cl)s3)CC2=O)ccc1-n1cccc(CCC[C@H]2CC[C@H](O)CC2)c1=O. The van der Waals surface area contributed by atoms with Gasteiger partial charge in [-0.3, -0.25) is 19.0 Å².